The summed E-state index contributed by atoms with van der Waals surface area (Å²) >= 11 is 5.98. The van der Waals surface area contributed by atoms with Crippen LogP contribution in [0.3, 0.4) is 0 Å². The number of fused-ring (bicyclic) bond motifs is 1. The molecule has 0 unspecified atom stereocenters. The van der Waals surface area contributed by atoms with Gasteiger partial charge in [-0.15, -0.1) is 0 Å². The molecule has 1 aliphatic heterocycles. The number of carbonyl (C=O) groups excluding carboxylic acids is 3. The highest BCUT2D eigenvalue weighted by Crippen LogP contribution is 2.25. The third-order valence-electron chi connectivity index (χ3n) is 3.71. The summed E-state index contributed by atoms with van der Waals surface area (Å²) in [7, 11) is 0. The summed E-state index contributed by atoms with van der Waals surface area (Å²) in [5.41, 5.74) is 0.962. The first-order valence-corrected chi connectivity index (χ1v) is 7.47. The van der Waals surface area contributed by atoms with E-state index in [4.69, 9.17) is 11.6 Å². The van der Waals surface area contributed by atoms with E-state index in [9.17, 15) is 18.8 Å². The Balaban J connectivity index is 1.76. The minimum atomic E-state index is -0.815. The van der Waals surface area contributed by atoms with Crippen molar-refractivity contribution in [3.63, 3.8) is 0 Å². The van der Waals surface area contributed by atoms with Crippen LogP contribution in [0.5, 0.6) is 0 Å². The number of nitrogens with zero attached hydrogens (tertiary/aromatic N) is 1. The highest BCUT2D eigenvalue weighted by Gasteiger charge is 2.38. The van der Waals surface area contributed by atoms with E-state index in [0.717, 1.165) is 16.5 Å². The highest BCUT2D eigenvalue weighted by atomic mass is 35.5. The van der Waals surface area contributed by atoms with Crippen LogP contribution in [0.15, 0.2) is 36.4 Å². The van der Waals surface area contributed by atoms with Gasteiger partial charge >= 0.3 is 0 Å². The minimum Gasteiger partial charge on any atom is -0.324 e. The summed E-state index contributed by atoms with van der Waals surface area (Å²) in [6.07, 6.45) is 0. The van der Waals surface area contributed by atoms with Crippen LogP contribution >= 0.6 is 11.6 Å². The molecule has 1 heterocycles. The molecule has 3 rings (SSSR count). The predicted octanol–water partition coefficient (Wildman–Crippen LogP) is 3.02. The van der Waals surface area contributed by atoms with Crippen molar-refractivity contribution in [3.8, 4) is 0 Å². The van der Waals surface area contributed by atoms with E-state index in [0.29, 0.717) is 10.7 Å². The zero-order valence-electron chi connectivity index (χ0n) is 12.6. The molecule has 0 bridgehead atoms. The van der Waals surface area contributed by atoms with E-state index < -0.39 is 30.1 Å². The van der Waals surface area contributed by atoms with Gasteiger partial charge in [-0.3, -0.25) is 19.3 Å². The van der Waals surface area contributed by atoms with E-state index in [2.05, 4.69) is 5.32 Å². The molecule has 0 fully saturated rings. The Morgan fingerprint density at radius 3 is 2.62 bits per heavy atom. The third-order valence-corrected chi connectivity index (χ3v) is 4.11. The molecule has 0 aliphatic carbocycles. The summed E-state index contributed by atoms with van der Waals surface area (Å²) in [4.78, 5) is 37.2. The van der Waals surface area contributed by atoms with Gasteiger partial charge < -0.3 is 5.32 Å². The van der Waals surface area contributed by atoms with Gasteiger partial charge in [0.25, 0.3) is 11.8 Å². The van der Waals surface area contributed by atoms with Crippen molar-refractivity contribution in [1.82, 2.24) is 4.90 Å². The number of imide groups is 1. The van der Waals surface area contributed by atoms with E-state index >= 15 is 0 Å². The number of rotatable bonds is 3. The summed E-state index contributed by atoms with van der Waals surface area (Å²) in [5.74, 6) is -2.86. The van der Waals surface area contributed by atoms with Crippen LogP contribution in [0.25, 0.3) is 0 Å². The number of halogens is 2. The Labute approximate surface area is 142 Å². The molecule has 122 valence electrons. The van der Waals surface area contributed by atoms with Gasteiger partial charge in [0.2, 0.25) is 5.91 Å². The van der Waals surface area contributed by atoms with Crippen molar-refractivity contribution in [2.24, 2.45) is 0 Å². The van der Waals surface area contributed by atoms with Crippen molar-refractivity contribution in [1.29, 1.82) is 0 Å². The fourth-order valence-electron chi connectivity index (χ4n) is 2.45. The SMILES string of the molecule is Cc1ccc(NC(=O)CN2C(=O)c3cccc(F)c3C2=O)cc1Cl. The first-order chi connectivity index (χ1) is 11.4. The van der Waals surface area contributed by atoms with Crippen molar-refractivity contribution < 1.29 is 18.8 Å². The second-order valence-corrected chi connectivity index (χ2v) is 5.78. The number of anilines is 1. The quantitative estimate of drug-likeness (QED) is 0.869. The van der Waals surface area contributed by atoms with Crippen LogP contribution in [-0.2, 0) is 4.79 Å². The Kier molecular flexibility index (Phi) is 4.07. The van der Waals surface area contributed by atoms with E-state index in [1.165, 1.54) is 12.1 Å². The molecule has 24 heavy (non-hydrogen) atoms. The Hall–Kier alpha value is -2.73. The number of hydrogen-bond donors (Lipinski definition) is 1. The van der Waals surface area contributed by atoms with Crippen molar-refractivity contribution >= 4 is 35.0 Å². The molecule has 3 amide bonds. The van der Waals surface area contributed by atoms with Gasteiger partial charge in [-0.2, -0.15) is 0 Å². The largest absolute Gasteiger partial charge is 0.324 e. The van der Waals surface area contributed by atoms with Crippen LogP contribution in [0.1, 0.15) is 26.3 Å². The Morgan fingerprint density at radius 1 is 1.21 bits per heavy atom. The number of aryl methyl sites for hydroxylation is 1. The Bertz CT molecular complexity index is 882. The maximum absolute atomic E-state index is 13.7. The molecule has 7 heteroatoms. The van der Waals surface area contributed by atoms with Crippen molar-refractivity contribution in [2.75, 3.05) is 11.9 Å². The molecule has 0 atom stereocenters. The summed E-state index contributed by atoms with van der Waals surface area (Å²) in [6.45, 7) is 1.32. The lowest BCUT2D eigenvalue weighted by Gasteiger charge is -2.14. The number of nitrogens with one attached hydrogen (secondary N) is 1. The maximum Gasteiger partial charge on any atom is 0.265 e. The average Bonchev–Trinajstić information content (AvgIpc) is 2.77. The van der Waals surface area contributed by atoms with Crippen LogP contribution < -0.4 is 5.32 Å². The van der Waals surface area contributed by atoms with Crippen LogP contribution in [0.4, 0.5) is 10.1 Å². The van der Waals surface area contributed by atoms with Gasteiger partial charge in [-0.25, -0.2) is 4.39 Å². The normalized spacial score (nSPS) is 13.2. The second-order valence-electron chi connectivity index (χ2n) is 5.37. The first-order valence-electron chi connectivity index (χ1n) is 7.09. The molecule has 0 radical (unpaired) electrons. The molecule has 5 nitrogen and oxygen atoms in total. The molecular weight excluding hydrogens is 335 g/mol. The smallest absolute Gasteiger partial charge is 0.265 e. The van der Waals surface area contributed by atoms with Gasteiger partial charge in [-0.05, 0) is 36.8 Å². The number of hydrogen-bond acceptors (Lipinski definition) is 3. The van der Waals surface area contributed by atoms with Crippen molar-refractivity contribution in [2.45, 2.75) is 6.92 Å². The number of amides is 3. The average molecular weight is 347 g/mol. The molecule has 2 aromatic rings. The molecular formula is C17H12ClFN2O3. The van der Waals surface area contributed by atoms with E-state index in [1.54, 1.807) is 18.2 Å². The van der Waals surface area contributed by atoms with Crippen LogP contribution in [0, 0.1) is 12.7 Å². The van der Waals surface area contributed by atoms with Gasteiger partial charge in [0, 0.05) is 10.7 Å². The second kappa shape index (κ2) is 6.05. The molecule has 1 aliphatic rings. The van der Waals surface area contributed by atoms with Crippen LogP contribution in [-0.4, -0.2) is 29.2 Å². The fraction of sp³-hybridized carbons (Fsp3) is 0.118. The Morgan fingerprint density at radius 2 is 1.96 bits per heavy atom. The number of carbonyl (C=O) groups is 3. The first kappa shape index (κ1) is 16.1. The maximum atomic E-state index is 13.7. The molecule has 0 saturated carbocycles. The lowest BCUT2D eigenvalue weighted by Crippen LogP contribution is -2.37. The van der Waals surface area contributed by atoms with Crippen molar-refractivity contribution in [3.05, 3.63) is 63.9 Å². The van der Waals surface area contributed by atoms with Gasteiger partial charge in [0.05, 0.1) is 11.1 Å². The zero-order valence-corrected chi connectivity index (χ0v) is 13.4. The topological polar surface area (TPSA) is 66.5 Å². The standard InChI is InChI=1S/C17H12ClFN2O3/c1-9-5-6-10(7-12(9)18)20-14(22)8-21-16(23)11-3-2-4-13(19)15(11)17(21)24/h2-7H,8H2,1H3,(H,20,22). The lowest BCUT2D eigenvalue weighted by atomic mass is 10.1. The summed E-state index contributed by atoms with van der Waals surface area (Å²) < 4.78 is 13.7. The molecule has 1 N–H and O–H groups in total. The fourth-order valence-corrected chi connectivity index (χ4v) is 2.63. The minimum absolute atomic E-state index is 0.0359. The molecule has 0 aromatic heterocycles. The van der Waals surface area contributed by atoms with E-state index in [-0.39, 0.29) is 11.1 Å². The summed E-state index contributed by atoms with van der Waals surface area (Å²) in [6, 6.07) is 8.75. The predicted molar refractivity (Wildman–Crippen MR) is 86.6 cm³/mol. The third kappa shape index (κ3) is 2.76. The zero-order chi connectivity index (χ0) is 17.4. The monoisotopic (exact) mass is 346 g/mol. The highest BCUT2D eigenvalue weighted by molar-refractivity contribution is 6.31. The molecule has 0 saturated heterocycles. The van der Waals surface area contributed by atoms with Gasteiger partial charge in [-0.1, -0.05) is 23.7 Å². The van der Waals surface area contributed by atoms with Gasteiger partial charge in [0.1, 0.15) is 12.4 Å². The van der Waals surface area contributed by atoms with Crippen LogP contribution in [0.2, 0.25) is 5.02 Å². The molecule has 0 spiro atoms. The van der Waals surface area contributed by atoms with E-state index in [1.807, 2.05) is 6.92 Å². The summed E-state index contributed by atoms with van der Waals surface area (Å²) in [5, 5.41) is 3.04. The number of benzene rings is 2. The molecule has 2 aromatic carbocycles. The van der Waals surface area contributed by atoms with Gasteiger partial charge in [0.15, 0.2) is 0 Å². The lowest BCUT2D eigenvalue weighted by molar-refractivity contribution is -0.116.